The Balaban J connectivity index is 2.07. The van der Waals surface area contributed by atoms with Crippen LogP contribution >= 0.6 is 0 Å². The second-order valence-electron chi connectivity index (χ2n) is 4.38. The van der Waals surface area contributed by atoms with E-state index in [4.69, 9.17) is 15.2 Å². The van der Waals surface area contributed by atoms with Crippen LogP contribution in [0.15, 0.2) is 24.3 Å². The van der Waals surface area contributed by atoms with Gasteiger partial charge in [-0.3, -0.25) is 4.79 Å². The predicted molar refractivity (Wildman–Crippen MR) is 68.9 cm³/mol. The van der Waals surface area contributed by atoms with Crippen LogP contribution in [0.4, 0.5) is 0 Å². The summed E-state index contributed by atoms with van der Waals surface area (Å²) in [5.41, 5.74) is 6.18. The summed E-state index contributed by atoms with van der Waals surface area (Å²) in [7, 11) is 0. The average molecular weight is 249 g/mol. The molecule has 4 heteroatoms. The minimum Gasteiger partial charge on any atom is -0.494 e. The maximum absolute atomic E-state index is 12.2. The molecular formula is C14H19NO3. The molecule has 2 N–H and O–H groups in total. The Labute approximate surface area is 107 Å². The van der Waals surface area contributed by atoms with Crippen LogP contribution in [0.1, 0.15) is 30.1 Å². The largest absolute Gasteiger partial charge is 0.494 e. The van der Waals surface area contributed by atoms with Gasteiger partial charge < -0.3 is 15.2 Å². The lowest BCUT2D eigenvalue weighted by Gasteiger charge is -2.12. The number of hydrogen-bond donors (Lipinski definition) is 1. The van der Waals surface area contributed by atoms with Crippen molar-refractivity contribution < 1.29 is 14.3 Å². The molecular weight excluding hydrogens is 230 g/mol. The highest BCUT2D eigenvalue weighted by atomic mass is 16.5. The predicted octanol–water partition coefficient (Wildman–Crippen LogP) is 1.77. The van der Waals surface area contributed by atoms with Gasteiger partial charge in [-0.2, -0.15) is 0 Å². The molecule has 1 aliphatic heterocycles. The standard InChI is InChI=1S/C14H19NO3/c1-2-17-11-5-3-4-10(8-11)14(16)13-7-6-12(9-15)18-13/h3-5,8,12-13H,2,6-7,9,15H2,1H3. The second kappa shape index (κ2) is 5.98. The zero-order valence-corrected chi connectivity index (χ0v) is 10.6. The fourth-order valence-corrected chi connectivity index (χ4v) is 2.16. The maximum Gasteiger partial charge on any atom is 0.191 e. The first-order valence-corrected chi connectivity index (χ1v) is 6.37. The first-order valence-electron chi connectivity index (χ1n) is 6.37. The molecule has 0 aliphatic carbocycles. The normalized spacial score (nSPS) is 23.0. The highest BCUT2D eigenvalue weighted by molar-refractivity contribution is 5.99. The van der Waals surface area contributed by atoms with Crippen molar-refractivity contribution in [2.45, 2.75) is 32.0 Å². The molecule has 1 aromatic rings. The molecule has 0 spiro atoms. The lowest BCUT2D eigenvalue weighted by molar-refractivity contribution is 0.0404. The zero-order chi connectivity index (χ0) is 13.0. The van der Waals surface area contributed by atoms with Crippen LogP contribution in [-0.2, 0) is 4.74 Å². The Morgan fingerprint density at radius 3 is 3.00 bits per heavy atom. The minimum atomic E-state index is -0.351. The van der Waals surface area contributed by atoms with E-state index in [0.29, 0.717) is 18.7 Å². The van der Waals surface area contributed by atoms with Gasteiger partial charge in [0.1, 0.15) is 11.9 Å². The first-order chi connectivity index (χ1) is 8.74. The second-order valence-corrected chi connectivity index (χ2v) is 4.38. The Hall–Kier alpha value is -1.39. The lowest BCUT2D eigenvalue weighted by atomic mass is 10.0. The quantitative estimate of drug-likeness (QED) is 0.808. The van der Waals surface area contributed by atoms with Crippen LogP contribution in [0.2, 0.25) is 0 Å². The third-order valence-electron chi connectivity index (χ3n) is 3.09. The third kappa shape index (κ3) is 2.89. The molecule has 0 aromatic heterocycles. The van der Waals surface area contributed by atoms with Gasteiger partial charge in [-0.25, -0.2) is 0 Å². The molecule has 1 fully saturated rings. The number of carbonyl (C=O) groups excluding carboxylic acids is 1. The van der Waals surface area contributed by atoms with Gasteiger partial charge in [0.05, 0.1) is 12.7 Å². The van der Waals surface area contributed by atoms with Crippen LogP contribution in [0.25, 0.3) is 0 Å². The number of benzene rings is 1. The highest BCUT2D eigenvalue weighted by Gasteiger charge is 2.30. The van der Waals surface area contributed by atoms with Gasteiger partial charge in [0.2, 0.25) is 0 Å². The third-order valence-corrected chi connectivity index (χ3v) is 3.09. The molecule has 2 atom stereocenters. The molecule has 1 aromatic carbocycles. The van der Waals surface area contributed by atoms with Crippen molar-refractivity contribution in [2.75, 3.05) is 13.2 Å². The van der Waals surface area contributed by atoms with E-state index in [-0.39, 0.29) is 18.0 Å². The van der Waals surface area contributed by atoms with Gasteiger partial charge in [-0.05, 0) is 31.9 Å². The molecule has 1 aliphatic rings. The number of hydrogen-bond acceptors (Lipinski definition) is 4. The van der Waals surface area contributed by atoms with Crippen LogP contribution < -0.4 is 10.5 Å². The van der Waals surface area contributed by atoms with Gasteiger partial charge in [-0.1, -0.05) is 12.1 Å². The summed E-state index contributed by atoms with van der Waals surface area (Å²) in [6, 6.07) is 7.24. The monoisotopic (exact) mass is 249 g/mol. The molecule has 2 unspecified atom stereocenters. The van der Waals surface area contributed by atoms with E-state index in [1.165, 1.54) is 0 Å². The molecule has 0 saturated carbocycles. The smallest absolute Gasteiger partial charge is 0.191 e. The van der Waals surface area contributed by atoms with E-state index in [1.807, 2.05) is 19.1 Å². The summed E-state index contributed by atoms with van der Waals surface area (Å²) in [4.78, 5) is 12.2. The number of nitrogens with two attached hydrogens (primary N) is 1. The number of ketones is 1. The van der Waals surface area contributed by atoms with E-state index >= 15 is 0 Å². The van der Waals surface area contributed by atoms with Crippen molar-refractivity contribution in [1.29, 1.82) is 0 Å². The van der Waals surface area contributed by atoms with E-state index in [2.05, 4.69) is 0 Å². The van der Waals surface area contributed by atoms with E-state index in [0.717, 1.165) is 18.6 Å². The Bertz CT molecular complexity index is 419. The van der Waals surface area contributed by atoms with Gasteiger partial charge in [0, 0.05) is 12.1 Å². The van der Waals surface area contributed by atoms with Crippen molar-refractivity contribution in [3.8, 4) is 5.75 Å². The average Bonchev–Trinajstić information content (AvgIpc) is 2.87. The highest BCUT2D eigenvalue weighted by Crippen LogP contribution is 2.23. The molecule has 4 nitrogen and oxygen atoms in total. The topological polar surface area (TPSA) is 61.5 Å². The number of rotatable bonds is 5. The molecule has 2 rings (SSSR count). The van der Waals surface area contributed by atoms with E-state index in [9.17, 15) is 4.79 Å². The van der Waals surface area contributed by atoms with Crippen LogP contribution in [0, 0.1) is 0 Å². The summed E-state index contributed by atoms with van der Waals surface area (Å²) in [6.07, 6.45) is 1.28. The lowest BCUT2D eigenvalue weighted by Crippen LogP contribution is -2.25. The number of carbonyl (C=O) groups is 1. The van der Waals surface area contributed by atoms with Gasteiger partial charge >= 0.3 is 0 Å². The first kappa shape index (κ1) is 13.1. The van der Waals surface area contributed by atoms with Gasteiger partial charge in [0.25, 0.3) is 0 Å². The molecule has 1 heterocycles. The van der Waals surface area contributed by atoms with Crippen molar-refractivity contribution in [3.05, 3.63) is 29.8 Å². The fourth-order valence-electron chi connectivity index (χ4n) is 2.16. The van der Waals surface area contributed by atoms with Crippen LogP contribution in [0.3, 0.4) is 0 Å². The summed E-state index contributed by atoms with van der Waals surface area (Å²) in [6.45, 7) is 2.98. The summed E-state index contributed by atoms with van der Waals surface area (Å²) < 4.78 is 11.0. The number of Topliss-reactive ketones (excluding diaryl/α,β-unsaturated/α-hetero) is 1. The minimum absolute atomic E-state index is 0.0208. The van der Waals surface area contributed by atoms with Crippen molar-refractivity contribution in [1.82, 2.24) is 0 Å². The van der Waals surface area contributed by atoms with Crippen molar-refractivity contribution in [3.63, 3.8) is 0 Å². The van der Waals surface area contributed by atoms with E-state index < -0.39 is 0 Å². The molecule has 0 radical (unpaired) electrons. The molecule has 0 bridgehead atoms. The van der Waals surface area contributed by atoms with Crippen molar-refractivity contribution >= 4 is 5.78 Å². The summed E-state index contributed by atoms with van der Waals surface area (Å²) >= 11 is 0. The molecule has 0 amide bonds. The Kier molecular flexibility index (Phi) is 4.33. The maximum atomic E-state index is 12.2. The zero-order valence-electron chi connectivity index (χ0n) is 10.6. The van der Waals surface area contributed by atoms with E-state index in [1.54, 1.807) is 12.1 Å². The Morgan fingerprint density at radius 2 is 2.33 bits per heavy atom. The van der Waals surface area contributed by atoms with Crippen LogP contribution in [0.5, 0.6) is 5.75 Å². The fraction of sp³-hybridized carbons (Fsp3) is 0.500. The Morgan fingerprint density at radius 1 is 1.50 bits per heavy atom. The summed E-state index contributed by atoms with van der Waals surface area (Å²) in [5.74, 6) is 0.740. The molecule has 18 heavy (non-hydrogen) atoms. The van der Waals surface area contributed by atoms with Gasteiger partial charge in [0.15, 0.2) is 5.78 Å². The molecule has 98 valence electrons. The van der Waals surface area contributed by atoms with Crippen LogP contribution in [-0.4, -0.2) is 31.1 Å². The number of ether oxygens (including phenoxy) is 2. The van der Waals surface area contributed by atoms with Crippen molar-refractivity contribution in [2.24, 2.45) is 5.73 Å². The summed E-state index contributed by atoms with van der Waals surface area (Å²) in [5, 5.41) is 0. The SMILES string of the molecule is CCOc1cccc(C(=O)C2CCC(CN)O2)c1. The van der Waals surface area contributed by atoms with Gasteiger partial charge in [-0.15, -0.1) is 0 Å². The molecule has 1 saturated heterocycles.